The maximum Gasteiger partial charge on any atom is 0.210 e. The van der Waals surface area contributed by atoms with E-state index in [2.05, 4.69) is 4.89 Å². The first-order chi connectivity index (χ1) is 6.06. The summed E-state index contributed by atoms with van der Waals surface area (Å²) in [6.45, 7) is 5.06. The van der Waals surface area contributed by atoms with Crippen molar-refractivity contribution >= 4 is 6.21 Å². The zero-order valence-corrected chi connectivity index (χ0v) is 7.84. The van der Waals surface area contributed by atoms with E-state index >= 15 is 0 Å². The lowest BCUT2D eigenvalue weighted by atomic mass is 9.96. The molecule has 0 heterocycles. The summed E-state index contributed by atoms with van der Waals surface area (Å²) in [6.07, 6.45) is 2.18. The van der Waals surface area contributed by atoms with E-state index in [0.717, 1.165) is 19.2 Å². The molecule has 0 aromatic carbocycles. The van der Waals surface area contributed by atoms with Crippen molar-refractivity contribution in [3.05, 3.63) is 11.8 Å². The highest BCUT2D eigenvalue weighted by Gasteiger charge is 2.08. The van der Waals surface area contributed by atoms with Crippen LogP contribution >= 0.6 is 0 Å². The summed E-state index contributed by atoms with van der Waals surface area (Å²) in [5.74, 6) is 0.234. The molecule has 0 unspecified atom stereocenters. The second-order valence-corrected chi connectivity index (χ2v) is 3.34. The van der Waals surface area contributed by atoms with E-state index in [4.69, 9.17) is 5.21 Å². The molecule has 13 heavy (non-hydrogen) atoms. The second-order valence-electron chi connectivity index (χ2n) is 3.34. The summed E-state index contributed by atoms with van der Waals surface area (Å²) in [4.78, 5) is 3.31. The minimum absolute atomic E-state index is 0.156. The Hall–Kier alpha value is -0.810. The van der Waals surface area contributed by atoms with Crippen molar-refractivity contribution in [1.29, 1.82) is 0 Å². The normalized spacial score (nSPS) is 14.9. The fourth-order valence-electron chi connectivity index (χ4n) is 1.17. The predicted molar refractivity (Wildman–Crippen MR) is 44.4 cm³/mol. The van der Waals surface area contributed by atoms with Gasteiger partial charge in [-0.25, -0.2) is 6.61 Å². The van der Waals surface area contributed by atoms with Crippen LogP contribution in [0.15, 0.2) is 0 Å². The van der Waals surface area contributed by atoms with Gasteiger partial charge in [-0.3, -0.25) is 5.21 Å². The van der Waals surface area contributed by atoms with Crippen molar-refractivity contribution in [2.75, 3.05) is 0 Å². The standard InChI is InChI=1S/C8H16NO4/c1-7(2)5-8(3-4-13-12)6-9(10)11/h4,6-8,12H,3,5H2,1-2H3,(H,10,11)/q-1/p-1/t8-/m1/s1. The van der Waals surface area contributed by atoms with E-state index in [1.165, 1.54) is 0 Å². The Balaban J connectivity index is 3.95. The van der Waals surface area contributed by atoms with Gasteiger partial charge in [-0.2, -0.15) is 0 Å². The predicted octanol–water partition coefficient (Wildman–Crippen LogP) is 0.463. The monoisotopic (exact) mass is 189 g/mol. The molecule has 1 atom stereocenters. The van der Waals surface area contributed by atoms with Gasteiger partial charge in [-0.15, -0.1) is 6.42 Å². The van der Waals surface area contributed by atoms with Crippen LogP contribution in [0.3, 0.4) is 0 Å². The third-order valence-corrected chi connectivity index (χ3v) is 1.58. The van der Waals surface area contributed by atoms with E-state index in [9.17, 15) is 10.5 Å². The van der Waals surface area contributed by atoms with Gasteiger partial charge in [-0.05, 0) is 12.3 Å². The average Bonchev–Trinajstić information content (AvgIpc) is 1.98. The maximum atomic E-state index is 10.3. The van der Waals surface area contributed by atoms with Crippen molar-refractivity contribution in [3.63, 3.8) is 0 Å². The van der Waals surface area contributed by atoms with Crippen LogP contribution in [0.4, 0.5) is 0 Å². The molecule has 1 N–H and O–H groups in total. The van der Waals surface area contributed by atoms with Gasteiger partial charge >= 0.3 is 0 Å². The summed E-state index contributed by atoms with van der Waals surface area (Å²) in [6, 6.07) is 0. The third kappa shape index (κ3) is 7.55. The fraction of sp³-hybridized carbons (Fsp3) is 0.750. The number of hydrogen-bond donors (Lipinski definition) is 1. The quantitative estimate of drug-likeness (QED) is 0.164. The Morgan fingerprint density at radius 3 is 2.62 bits per heavy atom. The molecular formula is C8H15NO4-2. The van der Waals surface area contributed by atoms with Crippen LogP contribution in [0.2, 0.25) is 0 Å². The molecule has 78 valence electrons. The van der Waals surface area contributed by atoms with Crippen LogP contribution < -0.4 is 5.26 Å². The third-order valence-electron chi connectivity index (χ3n) is 1.58. The van der Waals surface area contributed by atoms with Crippen molar-refractivity contribution in [2.45, 2.75) is 26.7 Å². The summed E-state index contributed by atoms with van der Waals surface area (Å²) in [7, 11) is 0. The molecule has 0 aliphatic carbocycles. The van der Waals surface area contributed by atoms with Gasteiger partial charge in [0.15, 0.2) is 0 Å². The maximum absolute atomic E-state index is 10.3. The molecule has 5 heteroatoms. The molecular weight excluding hydrogens is 174 g/mol. The lowest BCUT2D eigenvalue weighted by Crippen LogP contribution is -2.14. The first-order valence-corrected chi connectivity index (χ1v) is 4.16. The van der Waals surface area contributed by atoms with Crippen LogP contribution in [0.5, 0.6) is 0 Å². The molecule has 0 saturated carbocycles. The first kappa shape index (κ1) is 12.2. The summed E-state index contributed by atoms with van der Waals surface area (Å²) in [5, 5.41) is 28.4. The topological polar surface area (TPSA) is 78.6 Å². The van der Waals surface area contributed by atoms with E-state index < -0.39 is 0 Å². The number of hydrogen-bond acceptors (Lipinski definition) is 4. The molecule has 0 saturated heterocycles. The molecule has 0 amide bonds. The molecule has 0 aliphatic rings. The van der Waals surface area contributed by atoms with Gasteiger partial charge < -0.3 is 15.4 Å². The molecule has 0 spiro atoms. The Morgan fingerprint density at radius 1 is 1.62 bits per heavy atom. The highest BCUT2D eigenvalue weighted by molar-refractivity contribution is 5.54. The largest absolute Gasteiger partial charge is 0.759 e. The average molecular weight is 189 g/mol. The molecule has 5 nitrogen and oxygen atoms in total. The van der Waals surface area contributed by atoms with E-state index in [1.54, 1.807) is 0 Å². The zero-order valence-electron chi connectivity index (χ0n) is 7.84. The minimum atomic E-state index is -0.230. The van der Waals surface area contributed by atoms with Crippen LogP contribution in [0.25, 0.3) is 0 Å². The van der Waals surface area contributed by atoms with E-state index in [1.807, 2.05) is 13.8 Å². The molecule has 0 bridgehead atoms. The highest BCUT2D eigenvalue weighted by Crippen LogP contribution is 2.14. The van der Waals surface area contributed by atoms with Crippen LogP contribution in [-0.2, 0) is 4.89 Å². The van der Waals surface area contributed by atoms with Crippen LogP contribution in [0.1, 0.15) is 26.7 Å². The number of nitrogens with zero attached hydrogens (tertiary/aromatic N) is 1. The van der Waals surface area contributed by atoms with Crippen LogP contribution in [0, 0.1) is 23.6 Å². The van der Waals surface area contributed by atoms with Crippen molar-refractivity contribution in [3.8, 4) is 0 Å². The first-order valence-electron chi connectivity index (χ1n) is 4.16. The van der Waals surface area contributed by atoms with Gasteiger partial charge in [0.1, 0.15) is 0 Å². The van der Waals surface area contributed by atoms with Gasteiger partial charge in [0.25, 0.3) is 0 Å². The molecule has 0 radical (unpaired) electrons. The van der Waals surface area contributed by atoms with Gasteiger partial charge in [0, 0.05) is 10.8 Å². The number of rotatable bonds is 6. The molecule has 0 aromatic heterocycles. The van der Waals surface area contributed by atoms with Crippen molar-refractivity contribution < 1.29 is 20.3 Å². The Kier molecular flexibility index (Phi) is 6.26. The Bertz CT molecular complexity index is 154. The van der Waals surface area contributed by atoms with Crippen molar-refractivity contribution in [2.24, 2.45) is 11.8 Å². The van der Waals surface area contributed by atoms with E-state index in [0.29, 0.717) is 12.3 Å². The molecule has 0 aliphatic heterocycles. The van der Waals surface area contributed by atoms with Crippen LogP contribution in [-0.4, -0.2) is 16.3 Å². The lowest BCUT2D eigenvalue weighted by Gasteiger charge is -2.22. The SMILES string of the molecule is CC(C)C[C@H](C=[N+]([O-])O)C[CH-]O[O-]. The Morgan fingerprint density at radius 2 is 2.23 bits per heavy atom. The smallest absolute Gasteiger partial charge is 0.210 e. The zero-order chi connectivity index (χ0) is 10.3. The Labute approximate surface area is 77.7 Å². The van der Waals surface area contributed by atoms with Gasteiger partial charge in [0.05, 0.1) is 0 Å². The molecule has 0 rings (SSSR count). The summed E-state index contributed by atoms with van der Waals surface area (Å²) >= 11 is 0. The molecule has 0 aromatic rings. The van der Waals surface area contributed by atoms with Gasteiger partial charge in [-0.1, -0.05) is 13.8 Å². The minimum Gasteiger partial charge on any atom is -0.759 e. The van der Waals surface area contributed by atoms with Gasteiger partial charge in [0.2, 0.25) is 6.21 Å². The second kappa shape index (κ2) is 6.68. The molecule has 0 fully saturated rings. The summed E-state index contributed by atoms with van der Waals surface area (Å²) in [5.41, 5.74) is 0. The summed E-state index contributed by atoms with van der Waals surface area (Å²) < 4.78 is 0. The fourth-order valence-corrected chi connectivity index (χ4v) is 1.17. The van der Waals surface area contributed by atoms with E-state index in [-0.39, 0.29) is 10.8 Å². The highest BCUT2D eigenvalue weighted by atomic mass is 17.1. The lowest BCUT2D eigenvalue weighted by molar-refractivity contribution is -0.724. The van der Waals surface area contributed by atoms with Crippen molar-refractivity contribution in [1.82, 2.24) is 0 Å².